The van der Waals surface area contributed by atoms with E-state index in [0.717, 1.165) is 47.4 Å². The number of piperazine rings is 1. The molecule has 1 amide bonds. The molecule has 0 bridgehead atoms. The lowest BCUT2D eigenvalue weighted by atomic mass is 10.0. The summed E-state index contributed by atoms with van der Waals surface area (Å²) in [7, 11) is 4.18. The van der Waals surface area contributed by atoms with Crippen molar-refractivity contribution >= 4 is 16.8 Å². The summed E-state index contributed by atoms with van der Waals surface area (Å²) >= 11 is 0. The van der Waals surface area contributed by atoms with Crippen molar-refractivity contribution in [1.82, 2.24) is 20.1 Å². The van der Waals surface area contributed by atoms with Gasteiger partial charge in [-0.25, -0.2) is 4.39 Å². The first-order valence-electron chi connectivity index (χ1n) is 10.4. The van der Waals surface area contributed by atoms with Gasteiger partial charge in [0, 0.05) is 55.1 Å². The molecule has 2 aromatic carbocycles. The second-order valence-corrected chi connectivity index (χ2v) is 8.36. The Labute approximate surface area is 176 Å². The van der Waals surface area contributed by atoms with Crippen LogP contribution in [0.3, 0.4) is 0 Å². The Hall–Kier alpha value is -2.70. The number of fused-ring (bicyclic) bond motifs is 1. The quantitative estimate of drug-likeness (QED) is 0.679. The van der Waals surface area contributed by atoms with Crippen LogP contribution < -0.4 is 5.32 Å². The van der Waals surface area contributed by atoms with E-state index in [1.165, 1.54) is 6.07 Å². The van der Waals surface area contributed by atoms with Crippen LogP contribution in [0.2, 0.25) is 0 Å². The largest absolute Gasteiger partial charge is 0.354 e. The summed E-state index contributed by atoms with van der Waals surface area (Å²) in [6.07, 6.45) is 0.504. The number of aryl methyl sites for hydroxylation is 1. The number of carbonyl (C=O) groups excluding carboxylic acids is 1. The smallest absolute Gasteiger partial charge is 0.221 e. The molecule has 0 unspecified atom stereocenters. The van der Waals surface area contributed by atoms with Gasteiger partial charge < -0.3 is 20.1 Å². The Morgan fingerprint density at radius 1 is 1.20 bits per heavy atom. The normalized spacial score (nSPS) is 18.1. The van der Waals surface area contributed by atoms with Gasteiger partial charge in [-0.1, -0.05) is 18.2 Å². The lowest BCUT2D eigenvalue weighted by Gasteiger charge is -2.37. The van der Waals surface area contributed by atoms with Gasteiger partial charge in [-0.05, 0) is 56.4 Å². The van der Waals surface area contributed by atoms with Crippen LogP contribution in [0.5, 0.6) is 0 Å². The van der Waals surface area contributed by atoms with Gasteiger partial charge in [0.2, 0.25) is 5.91 Å². The van der Waals surface area contributed by atoms with Gasteiger partial charge in [-0.3, -0.25) is 4.79 Å². The van der Waals surface area contributed by atoms with Crippen molar-refractivity contribution in [3.05, 3.63) is 59.4 Å². The molecular weight excluding hydrogens is 379 g/mol. The molecular formula is C24H29FN4O. The molecule has 3 aromatic rings. The van der Waals surface area contributed by atoms with Crippen molar-refractivity contribution in [3.8, 4) is 11.3 Å². The first-order chi connectivity index (χ1) is 14.4. The predicted molar refractivity (Wildman–Crippen MR) is 119 cm³/mol. The zero-order valence-corrected chi connectivity index (χ0v) is 17.8. The molecule has 1 aliphatic rings. The maximum atomic E-state index is 14.2. The number of hydrogen-bond acceptors (Lipinski definition) is 3. The molecule has 5 nitrogen and oxygen atoms in total. The summed E-state index contributed by atoms with van der Waals surface area (Å²) < 4.78 is 14.2. The maximum absolute atomic E-state index is 14.2. The highest BCUT2D eigenvalue weighted by Gasteiger charge is 2.24. The standard InChI is InChI=1S/C24H29FN4O/c1-16-20-12-17(14-26-23(30)13-18-15-28(2)10-11-29(18)3)8-9-22(20)27-24(16)19-6-4-5-7-21(19)25/h4-9,12,18,27H,10-11,13-15H2,1-3H3,(H,26,30)/t18-/m1/s1. The Balaban J connectivity index is 1.46. The van der Waals surface area contributed by atoms with Gasteiger partial charge in [0.15, 0.2) is 0 Å². The molecule has 1 aromatic heterocycles. The predicted octanol–water partition coefficient (Wildman–Crippen LogP) is 3.53. The van der Waals surface area contributed by atoms with Crippen LogP contribution in [-0.4, -0.2) is 60.5 Å². The van der Waals surface area contributed by atoms with E-state index < -0.39 is 0 Å². The number of amides is 1. The number of aromatic amines is 1. The average Bonchev–Trinajstić information content (AvgIpc) is 3.05. The fraction of sp³-hybridized carbons (Fsp3) is 0.375. The molecule has 1 aliphatic heterocycles. The van der Waals surface area contributed by atoms with Gasteiger partial charge in [0.25, 0.3) is 0 Å². The van der Waals surface area contributed by atoms with Crippen LogP contribution in [0.15, 0.2) is 42.5 Å². The summed E-state index contributed by atoms with van der Waals surface area (Å²) in [5.41, 5.74) is 4.38. The van der Waals surface area contributed by atoms with Gasteiger partial charge in [0.05, 0.1) is 5.69 Å². The van der Waals surface area contributed by atoms with Crippen molar-refractivity contribution in [3.63, 3.8) is 0 Å². The third-order valence-corrected chi connectivity index (χ3v) is 6.16. The summed E-state index contributed by atoms with van der Waals surface area (Å²) in [5.74, 6) is -0.168. The van der Waals surface area contributed by atoms with Gasteiger partial charge in [0.1, 0.15) is 5.82 Å². The highest BCUT2D eigenvalue weighted by molar-refractivity contribution is 5.91. The lowest BCUT2D eigenvalue weighted by Crippen LogP contribution is -2.51. The molecule has 4 rings (SSSR count). The fourth-order valence-electron chi connectivity index (χ4n) is 4.23. The molecule has 0 spiro atoms. The number of benzene rings is 2. The van der Waals surface area contributed by atoms with Crippen molar-refractivity contribution in [2.75, 3.05) is 33.7 Å². The summed E-state index contributed by atoms with van der Waals surface area (Å²) in [6, 6.07) is 13.1. The SMILES string of the molecule is Cc1c(-c2ccccc2F)[nH]c2ccc(CNC(=O)C[C@@H]3CN(C)CCN3C)cc12. The van der Waals surface area contributed by atoms with Crippen molar-refractivity contribution in [2.24, 2.45) is 0 Å². The van der Waals surface area contributed by atoms with E-state index >= 15 is 0 Å². The molecule has 1 atom stereocenters. The van der Waals surface area contributed by atoms with E-state index in [1.54, 1.807) is 12.1 Å². The van der Waals surface area contributed by atoms with E-state index in [2.05, 4.69) is 40.3 Å². The molecule has 0 saturated carbocycles. The number of hydrogen-bond donors (Lipinski definition) is 2. The van der Waals surface area contributed by atoms with E-state index in [1.807, 2.05) is 25.1 Å². The second-order valence-electron chi connectivity index (χ2n) is 8.36. The minimum Gasteiger partial charge on any atom is -0.354 e. The molecule has 2 heterocycles. The summed E-state index contributed by atoms with van der Waals surface area (Å²) in [5, 5.41) is 4.11. The molecule has 1 fully saturated rings. The number of halogens is 1. The first-order valence-corrected chi connectivity index (χ1v) is 10.4. The Morgan fingerprint density at radius 3 is 2.80 bits per heavy atom. The van der Waals surface area contributed by atoms with Crippen LogP contribution >= 0.6 is 0 Å². The zero-order valence-electron chi connectivity index (χ0n) is 17.8. The molecule has 158 valence electrons. The van der Waals surface area contributed by atoms with Crippen molar-refractivity contribution < 1.29 is 9.18 Å². The number of likely N-dealkylation sites (N-methyl/N-ethyl adjacent to an activating group) is 2. The Morgan fingerprint density at radius 2 is 2.00 bits per heavy atom. The minimum atomic E-state index is -0.238. The van der Waals surface area contributed by atoms with Crippen LogP contribution in [0.4, 0.5) is 4.39 Å². The van der Waals surface area contributed by atoms with Crippen LogP contribution in [-0.2, 0) is 11.3 Å². The minimum absolute atomic E-state index is 0.0695. The molecule has 30 heavy (non-hydrogen) atoms. The Kier molecular flexibility index (Phi) is 5.88. The monoisotopic (exact) mass is 408 g/mol. The summed E-state index contributed by atoms with van der Waals surface area (Å²) in [6.45, 7) is 5.43. The Bertz CT molecular complexity index is 1060. The van der Waals surface area contributed by atoms with Gasteiger partial charge >= 0.3 is 0 Å². The molecule has 2 N–H and O–H groups in total. The number of carbonyl (C=O) groups is 1. The van der Waals surface area contributed by atoms with E-state index in [9.17, 15) is 9.18 Å². The highest BCUT2D eigenvalue weighted by Crippen LogP contribution is 2.31. The molecule has 0 radical (unpaired) electrons. The third kappa shape index (κ3) is 4.25. The fourth-order valence-corrected chi connectivity index (χ4v) is 4.23. The second kappa shape index (κ2) is 8.58. The van der Waals surface area contributed by atoms with E-state index in [0.29, 0.717) is 18.5 Å². The molecule has 1 saturated heterocycles. The number of H-pyrrole nitrogens is 1. The average molecular weight is 409 g/mol. The topological polar surface area (TPSA) is 51.4 Å². The van der Waals surface area contributed by atoms with Crippen LogP contribution in [0.25, 0.3) is 22.2 Å². The van der Waals surface area contributed by atoms with Crippen molar-refractivity contribution in [2.45, 2.75) is 25.9 Å². The number of nitrogens with one attached hydrogen (secondary N) is 2. The highest BCUT2D eigenvalue weighted by atomic mass is 19.1. The van der Waals surface area contributed by atoms with Crippen molar-refractivity contribution in [1.29, 1.82) is 0 Å². The van der Waals surface area contributed by atoms with E-state index in [-0.39, 0.29) is 17.8 Å². The van der Waals surface area contributed by atoms with Crippen LogP contribution in [0, 0.1) is 12.7 Å². The third-order valence-electron chi connectivity index (χ3n) is 6.16. The van der Waals surface area contributed by atoms with Gasteiger partial charge in [-0.15, -0.1) is 0 Å². The number of nitrogens with zero attached hydrogens (tertiary/aromatic N) is 2. The molecule has 6 heteroatoms. The first kappa shape index (κ1) is 20.6. The van der Waals surface area contributed by atoms with Gasteiger partial charge in [-0.2, -0.15) is 0 Å². The molecule has 0 aliphatic carbocycles. The van der Waals surface area contributed by atoms with E-state index in [4.69, 9.17) is 0 Å². The van der Waals surface area contributed by atoms with Crippen LogP contribution in [0.1, 0.15) is 17.5 Å². The number of aromatic nitrogens is 1. The number of rotatable bonds is 5. The lowest BCUT2D eigenvalue weighted by molar-refractivity contribution is -0.122. The maximum Gasteiger partial charge on any atom is 0.221 e. The summed E-state index contributed by atoms with van der Waals surface area (Å²) in [4.78, 5) is 20.4. The zero-order chi connectivity index (χ0) is 21.3.